The number of hydrogen-bond donors (Lipinski definition) is 1. The molecular formula is C26H24N6O2. The van der Waals surface area contributed by atoms with Gasteiger partial charge >= 0.3 is 0 Å². The summed E-state index contributed by atoms with van der Waals surface area (Å²) in [6.45, 7) is 3.47. The molecule has 0 aliphatic heterocycles. The van der Waals surface area contributed by atoms with E-state index in [1.54, 1.807) is 23.1 Å². The number of amides is 1. The van der Waals surface area contributed by atoms with Crippen molar-refractivity contribution in [3.05, 3.63) is 114 Å². The molecule has 3 heterocycles. The zero-order valence-corrected chi connectivity index (χ0v) is 18.8. The van der Waals surface area contributed by atoms with Crippen molar-refractivity contribution in [1.82, 2.24) is 29.5 Å². The average Bonchev–Trinajstić information content (AvgIpc) is 3.51. The molecule has 170 valence electrons. The van der Waals surface area contributed by atoms with E-state index in [2.05, 4.69) is 20.4 Å². The first kappa shape index (κ1) is 21.4. The molecule has 0 spiro atoms. The lowest BCUT2D eigenvalue weighted by Crippen LogP contribution is -2.22. The summed E-state index contributed by atoms with van der Waals surface area (Å²) in [6.07, 6.45) is 7.19. The number of nitrogens with zero attached hydrogens (tertiary/aromatic N) is 5. The Balaban J connectivity index is 1.16. The van der Waals surface area contributed by atoms with Gasteiger partial charge in [0.15, 0.2) is 0 Å². The Morgan fingerprint density at radius 3 is 2.71 bits per heavy atom. The minimum Gasteiger partial charge on any atom is -0.487 e. The molecule has 34 heavy (non-hydrogen) atoms. The van der Waals surface area contributed by atoms with Crippen molar-refractivity contribution in [2.24, 2.45) is 0 Å². The molecule has 1 N–H and O–H groups in total. The number of hydrogen-bond acceptors (Lipinski definition) is 5. The number of aryl methyl sites for hydroxylation is 1. The van der Waals surface area contributed by atoms with Crippen LogP contribution in [0, 0.1) is 6.92 Å². The van der Waals surface area contributed by atoms with E-state index in [1.165, 1.54) is 11.9 Å². The highest BCUT2D eigenvalue weighted by atomic mass is 16.5. The van der Waals surface area contributed by atoms with Crippen LogP contribution in [0.5, 0.6) is 5.75 Å². The maximum absolute atomic E-state index is 12.7. The number of benzene rings is 2. The second-order valence-corrected chi connectivity index (χ2v) is 8.11. The van der Waals surface area contributed by atoms with E-state index in [4.69, 9.17) is 4.74 Å². The van der Waals surface area contributed by atoms with E-state index in [-0.39, 0.29) is 5.91 Å². The molecule has 0 radical (unpaired) electrons. The van der Waals surface area contributed by atoms with Crippen LogP contribution in [0.2, 0.25) is 0 Å². The molecule has 8 heteroatoms. The van der Waals surface area contributed by atoms with Gasteiger partial charge in [0.1, 0.15) is 30.7 Å². The number of fused-ring (bicyclic) bond motifs is 1. The Morgan fingerprint density at radius 2 is 1.88 bits per heavy atom. The molecule has 0 saturated heterocycles. The Morgan fingerprint density at radius 1 is 1.03 bits per heavy atom. The van der Waals surface area contributed by atoms with Crippen molar-refractivity contribution in [3.63, 3.8) is 0 Å². The van der Waals surface area contributed by atoms with Crippen LogP contribution in [0.15, 0.2) is 85.7 Å². The van der Waals surface area contributed by atoms with Crippen molar-refractivity contribution in [2.45, 2.75) is 26.6 Å². The summed E-state index contributed by atoms with van der Waals surface area (Å²) in [6, 6.07) is 19.2. The van der Waals surface area contributed by atoms with Crippen LogP contribution in [0.1, 0.15) is 32.7 Å². The lowest BCUT2D eigenvalue weighted by molar-refractivity contribution is 0.0950. The highest BCUT2D eigenvalue weighted by molar-refractivity contribution is 5.94. The maximum Gasteiger partial charge on any atom is 0.251 e. The Kier molecular flexibility index (Phi) is 6.03. The summed E-state index contributed by atoms with van der Waals surface area (Å²) in [4.78, 5) is 21.2. The second kappa shape index (κ2) is 9.58. The van der Waals surface area contributed by atoms with Gasteiger partial charge in [0.2, 0.25) is 0 Å². The molecule has 0 aliphatic rings. The summed E-state index contributed by atoms with van der Waals surface area (Å²) in [5.41, 5.74) is 5.55. The van der Waals surface area contributed by atoms with Crippen LogP contribution in [-0.4, -0.2) is 30.1 Å². The van der Waals surface area contributed by atoms with Crippen molar-refractivity contribution >= 4 is 11.6 Å². The molecule has 8 nitrogen and oxygen atoms in total. The topological polar surface area (TPSA) is 86.3 Å². The second-order valence-electron chi connectivity index (χ2n) is 8.11. The van der Waals surface area contributed by atoms with Crippen LogP contribution in [-0.2, 0) is 19.7 Å². The van der Waals surface area contributed by atoms with Crippen molar-refractivity contribution in [1.29, 1.82) is 0 Å². The Hall–Kier alpha value is -4.46. The first-order valence-corrected chi connectivity index (χ1v) is 11.0. The number of imidazole rings is 1. The van der Waals surface area contributed by atoms with E-state index in [0.717, 1.165) is 22.5 Å². The van der Waals surface area contributed by atoms with Gasteiger partial charge in [0.05, 0.1) is 12.2 Å². The first-order valence-electron chi connectivity index (χ1n) is 11.0. The molecule has 5 aromatic rings. The predicted octanol–water partition coefficient (Wildman–Crippen LogP) is 3.79. The van der Waals surface area contributed by atoms with Crippen molar-refractivity contribution < 1.29 is 9.53 Å². The van der Waals surface area contributed by atoms with Gasteiger partial charge in [-0.25, -0.2) is 14.6 Å². The van der Waals surface area contributed by atoms with Gasteiger partial charge in [0.25, 0.3) is 5.91 Å². The Bertz CT molecular complexity index is 1410. The number of carbonyl (C=O) groups excluding carboxylic acids is 1. The molecular weight excluding hydrogens is 428 g/mol. The number of nitrogens with one attached hydrogen (secondary N) is 1. The van der Waals surface area contributed by atoms with Gasteiger partial charge in [0, 0.05) is 24.5 Å². The van der Waals surface area contributed by atoms with Crippen LogP contribution in [0.25, 0.3) is 5.65 Å². The van der Waals surface area contributed by atoms with E-state index in [9.17, 15) is 4.79 Å². The third-order valence-corrected chi connectivity index (χ3v) is 5.42. The molecule has 3 aromatic heterocycles. The van der Waals surface area contributed by atoms with Crippen molar-refractivity contribution in [3.8, 4) is 5.75 Å². The molecule has 0 atom stereocenters. The predicted molar refractivity (Wildman–Crippen MR) is 127 cm³/mol. The van der Waals surface area contributed by atoms with Gasteiger partial charge in [-0.2, -0.15) is 5.10 Å². The molecule has 0 fully saturated rings. The average molecular weight is 453 g/mol. The maximum atomic E-state index is 12.7. The minimum atomic E-state index is -0.152. The molecule has 0 saturated carbocycles. The fraction of sp³-hybridized carbons (Fsp3) is 0.154. The van der Waals surface area contributed by atoms with Crippen LogP contribution in [0.3, 0.4) is 0 Å². The van der Waals surface area contributed by atoms with Crippen molar-refractivity contribution in [2.75, 3.05) is 0 Å². The number of carbonyl (C=O) groups is 1. The summed E-state index contributed by atoms with van der Waals surface area (Å²) in [5, 5.41) is 7.08. The van der Waals surface area contributed by atoms with E-state index >= 15 is 0 Å². The SMILES string of the molecule is Cc1ccc2nc(COc3cccc(C(=O)NCc4ccc(Cn5cncn5)cc4)c3)cn2c1. The van der Waals surface area contributed by atoms with Crippen LogP contribution >= 0.6 is 0 Å². The zero-order valence-electron chi connectivity index (χ0n) is 18.8. The smallest absolute Gasteiger partial charge is 0.251 e. The molecule has 0 unspecified atom stereocenters. The van der Waals surface area contributed by atoms with E-state index in [0.29, 0.717) is 31.0 Å². The lowest BCUT2D eigenvalue weighted by Gasteiger charge is -2.09. The number of aromatic nitrogens is 5. The van der Waals surface area contributed by atoms with Gasteiger partial charge in [-0.1, -0.05) is 36.4 Å². The summed E-state index contributed by atoms with van der Waals surface area (Å²) >= 11 is 0. The fourth-order valence-corrected chi connectivity index (χ4v) is 3.66. The molecule has 0 aliphatic carbocycles. The van der Waals surface area contributed by atoms with Crippen LogP contribution < -0.4 is 10.1 Å². The number of rotatable bonds is 8. The number of pyridine rings is 1. The molecule has 0 bridgehead atoms. The van der Waals surface area contributed by atoms with Gasteiger partial charge in [-0.15, -0.1) is 0 Å². The highest BCUT2D eigenvalue weighted by Gasteiger charge is 2.08. The fourth-order valence-electron chi connectivity index (χ4n) is 3.66. The third kappa shape index (κ3) is 5.12. The zero-order chi connectivity index (χ0) is 23.3. The minimum absolute atomic E-state index is 0.152. The summed E-state index contributed by atoms with van der Waals surface area (Å²) < 4.78 is 9.65. The quantitative estimate of drug-likeness (QED) is 0.387. The number of ether oxygens (including phenoxy) is 1. The summed E-state index contributed by atoms with van der Waals surface area (Å²) in [5.74, 6) is 0.471. The normalized spacial score (nSPS) is 11.0. The third-order valence-electron chi connectivity index (χ3n) is 5.42. The summed E-state index contributed by atoms with van der Waals surface area (Å²) in [7, 11) is 0. The van der Waals surface area contributed by atoms with Gasteiger partial charge in [-0.3, -0.25) is 4.79 Å². The molecule has 5 rings (SSSR count). The lowest BCUT2D eigenvalue weighted by atomic mass is 10.1. The first-order chi connectivity index (χ1) is 16.6. The van der Waals surface area contributed by atoms with Crippen LogP contribution in [0.4, 0.5) is 0 Å². The van der Waals surface area contributed by atoms with E-state index < -0.39 is 0 Å². The van der Waals surface area contributed by atoms with E-state index in [1.807, 2.05) is 72.2 Å². The largest absolute Gasteiger partial charge is 0.487 e. The molecule has 1 amide bonds. The molecule has 2 aromatic carbocycles. The Labute approximate surface area is 196 Å². The monoisotopic (exact) mass is 452 g/mol. The van der Waals surface area contributed by atoms with Gasteiger partial charge in [-0.05, 0) is 47.9 Å². The van der Waals surface area contributed by atoms with Gasteiger partial charge < -0.3 is 14.5 Å². The highest BCUT2D eigenvalue weighted by Crippen LogP contribution is 2.16. The standard InChI is InChI=1S/C26H24N6O2/c1-19-5-10-25-30-23(15-31(25)13-19)16-34-24-4-2-3-22(11-24)26(33)28-12-20-6-8-21(9-7-20)14-32-18-27-17-29-32/h2-11,13,15,17-18H,12,14,16H2,1H3,(H,28,33).